The molecule has 4 rings (SSSR count). The minimum absolute atomic E-state index is 0.0465. The summed E-state index contributed by atoms with van der Waals surface area (Å²) in [5, 5.41) is 0. The molecule has 1 aromatic rings. The zero-order chi connectivity index (χ0) is 14.2. The lowest BCUT2D eigenvalue weighted by molar-refractivity contribution is -0.135. The Balaban J connectivity index is 1.53. The minimum atomic E-state index is -0.0465. The van der Waals surface area contributed by atoms with Crippen LogP contribution in [-0.2, 0) is 4.79 Å². The highest BCUT2D eigenvalue weighted by Gasteiger charge is 2.45. The van der Waals surface area contributed by atoms with Crippen molar-refractivity contribution in [2.45, 2.75) is 50.2 Å². The van der Waals surface area contributed by atoms with Crippen molar-refractivity contribution in [2.75, 3.05) is 6.54 Å². The first-order valence-corrected chi connectivity index (χ1v) is 8.06. The molecule has 21 heavy (non-hydrogen) atoms. The molecule has 4 unspecified atom stereocenters. The van der Waals surface area contributed by atoms with Crippen molar-refractivity contribution in [3.05, 3.63) is 30.1 Å². The maximum atomic E-state index is 13.0. The van der Waals surface area contributed by atoms with Crippen molar-refractivity contribution in [3.8, 4) is 0 Å². The highest BCUT2D eigenvalue weighted by atomic mass is 16.2. The first-order valence-electron chi connectivity index (χ1n) is 8.06. The highest BCUT2D eigenvalue weighted by Crippen LogP contribution is 2.36. The topological polar surface area (TPSA) is 57.3 Å². The van der Waals surface area contributed by atoms with Crippen molar-refractivity contribution in [3.63, 3.8) is 0 Å². The van der Waals surface area contributed by atoms with Gasteiger partial charge in [-0.15, -0.1) is 0 Å². The third-order valence-electron chi connectivity index (χ3n) is 5.29. The summed E-state index contributed by atoms with van der Waals surface area (Å²) in [6, 6.07) is 4.68. The number of hydrogen-bond acceptors (Lipinski definition) is 4. The van der Waals surface area contributed by atoms with Gasteiger partial charge in [0.05, 0.1) is 6.04 Å². The van der Waals surface area contributed by atoms with Crippen LogP contribution in [0.2, 0.25) is 0 Å². The number of hydrogen-bond donors (Lipinski definition) is 2. The number of likely N-dealkylation sites (tertiary alicyclic amines) is 1. The summed E-state index contributed by atoms with van der Waals surface area (Å²) in [4.78, 5) is 19.3. The van der Waals surface area contributed by atoms with Crippen molar-refractivity contribution >= 4 is 5.91 Å². The fourth-order valence-electron chi connectivity index (χ4n) is 4.24. The predicted octanol–water partition coefficient (Wildman–Crippen LogP) is 1.39. The molecule has 2 aliphatic heterocycles. The van der Waals surface area contributed by atoms with Gasteiger partial charge in [0.25, 0.3) is 0 Å². The smallest absolute Gasteiger partial charge is 0.241 e. The van der Waals surface area contributed by atoms with Crippen molar-refractivity contribution in [2.24, 2.45) is 5.92 Å². The fourth-order valence-corrected chi connectivity index (χ4v) is 4.24. The molecule has 3 heterocycles. The molecule has 5 heteroatoms. The number of amides is 1. The van der Waals surface area contributed by atoms with E-state index >= 15 is 0 Å². The largest absolute Gasteiger partial charge is 0.334 e. The minimum Gasteiger partial charge on any atom is -0.334 e. The first-order chi connectivity index (χ1) is 10.3. The summed E-state index contributed by atoms with van der Waals surface area (Å²) in [6.07, 6.45) is 9.40. The number of rotatable bonds is 2. The number of hydrazine groups is 1. The number of carbonyl (C=O) groups is 1. The normalized spacial score (nSPS) is 35.1. The fraction of sp³-hybridized carbons (Fsp3) is 0.625. The Labute approximate surface area is 125 Å². The summed E-state index contributed by atoms with van der Waals surface area (Å²) >= 11 is 0. The van der Waals surface area contributed by atoms with E-state index in [1.807, 2.05) is 12.3 Å². The molecule has 2 saturated heterocycles. The molecule has 3 aliphatic rings. The molecule has 2 N–H and O–H groups in total. The molecule has 1 aliphatic carbocycles. The molecular formula is C16H22N4O. The van der Waals surface area contributed by atoms with Gasteiger partial charge in [0.2, 0.25) is 5.91 Å². The van der Waals surface area contributed by atoms with Gasteiger partial charge < -0.3 is 4.90 Å². The highest BCUT2D eigenvalue weighted by molar-refractivity contribution is 5.83. The van der Waals surface area contributed by atoms with Gasteiger partial charge in [0.1, 0.15) is 6.04 Å². The molecule has 0 spiro atoms. The Morgan fingerprint density at radius 3 is 3.05 bits per heavy atom. The van der Waals surface area contributed by atoms with Crippen LogP contribution in [0.1, 0.15) is 43.7 Å². The lowest BCUT2D eigenvalue weighted by atomic mass is 9.95. The molecule has 1 aromatic heterocycles. The van der Waals surface area contributed by atoms with E-state index < -0.39 is 0 Å². The van der Waals surface area contributed by atoms with Crippen LogP contribution in [-0.4, -0.2) is 34.4 Å². The van der Waals surface area contributed by atoms with E-state index in [0.29, 0.717) is 12.0 Å². The van der Waals surface area contributed by atoms with Crippen LogP contribution in [0.15, 0.2) is 24.5 Å². The Hall–Kier alpha value is -1.46. The van der Waals surface area contributed by atoms with Gasteiger partial charge in [-0.3, -0.25) is 15.2 Å². The van der Waals surface area contributed by atoms with E-state index in [1.165, 1.54) is 12.8 Å². The van der Waals surface area contributed by atoms with Crippen molar-refractivity contribution in [1.29, 1.82) is 0 Å². The average Bonchev–Trinajstić information content (AvgIpc) is 3.23. The first kappa shape index (κ1) is 13.2. The Morgan fingerprint density at radius 2 is 2.19 bits per heavy atom. The van der Waals surface area contributed by atoms with E-state index in [2.05, 4.69) is 26.8 Å². The summed E-state index contributed by atoms with van der Waals surface area (Å²) in [5.41, 5.74) is 7.73. The molecule has 1 amide bonds. The van der Waals surface area contributed by atoms with E-state index in [0.717, 1.165) is 31.4 Å². The number of fused-ring (bicyclic) bond motifs is 1. The third kappa shape index (κ3) is 2.24. The van der Waals surface area contributed by atoms with Crippen LogP contribution in [0.4, 0.5) is 0 Å². The van der Waals surface area contributed by atoms with Gasteiger partial charge in [-0.1, -0.05) is 12.5 Å². The van der Waals surface area contributed by atoms with E-state index in [1.54, 1.807) is 6.20 Å². The van der Waals surface area contributed by atoms with Crippen LogP contribution >= 0.6 is 0 Å². The van der Waals surface area contributed by atoms with Crippen LogP contribution in [0.25, 0.3) is 0 Å². The summed E-state index contributed by atoms with van der Waals surface area (Å²) in [6.45, 7) is 0.869. The second-order valence-corrected chi connectivity index (χ2v) is 6.44. The van der Waals surface area contributed by atoms with Crippen molar-refractivity contribution < 1.29 is 4.79 Å². The molecule has 0 radical (unpaired) electrons. The van der Waals surface area contributed by atoms with E-state index in [4.69, 9.17) is 0 Å². The lowest BCUT2D eigenvalue weighted by Gasteiger charge is -2.29. The summed E-state index contributed by atoms with van der Waals surface area (Å²) < 4.78 is 0. The maximum absolute atomic E-state index is 13.0. The van der Waals surface area contributed by atoms with Gasteiger partial charge in [0.15, 0.2) is 0 Å². The zero-order valence-electron chi connectivity index (χ0n) is 12.2. The molecular weight excluding hydrogens is 264 g/mol. The molecule has 3 fully saturated rings. The average molecular weight is 286 g/mol. The number of aromatic nitrogens is 1. The molecule has 5 nitrogen and oxygen atoms in total. The molecule has 112 valence electrons. The second-order valence-electron chi connectivity index (χ2n) is 6.44. The van der Waals surface area contributed by atoms with Crippen LogP contribution in [0, 0.1) is 5.92 Å². The zero-order valence-corrected chi connectivity index (χ0v) is 12.2. The Morgan fingerprint density at radius 1 is 1.24 bits per heavy atom. The Kier molecular flexibility index (Phi) is 3.39. The molecule has 0 bridgehead atoms. The quantitative estimate of drug-likeness (QED) is 0.862. The number of pyridine rings is 1. The monoisotopic (exact) mass is 286 g/mol. The number of nitrogens with one attached hydrogen (secondary N) is 2. The molecule has 4 atom stereocenters. The standard InChI is InChI=1S/C16H22N4O/c21-16(15-12-5-1-6-13(12)18-19-15)20-9-3-7-14(20)11-4-2-8-17-10-11/h2,4,8,10,12-15,18-19H,1,3,5-7,9H2. The van der Waals surface area contributed by atoms with Gasteiger partial charge in [-0.2, -0.15) is 0 Å². The summed E-state index contributed by atoms with van der Waals surface area (Å²) in [5.74, 6) is 0.732. The molecule has 0 aromatic carbocycles. The van der Waals surface area contributed by atoms with Crippen molar-refractivity contribution in [1.82, 2.24) is 20.7 Å². The van der Waals surface area contributed by atoms with Gasteiger partial charge in [0, 0.05) is 30.9 Å². The number of carbonyl (C=O) groups excluding carboxylic acids is 1. The lowest BCUT2D eigenvalue weighted by Crippen LogP contribution is -2.47. The van der Waals surface area contributed by atoms with Gasteiger partial charge >= 0.3 is 0 Å². The Bertz CT molecular complexity index is 520. The predicted molar refractivity (Wildman–Crippen MR) is 79.1 cm³/mol. The van der Waals surface area contributed by atoms with Gasteiger partial charge in [-0.05, 0) is 37.3 Å². The SMILES string of the molecule is O=C(C1NNC2CCCC21)N1CCCC1c1cccnc1. The maximum Gasteiger partial charge on any atom is 0.241 e. The van der Waals surface area contributed by atoms with Crippen LogP contribution < -0.4 is 10.9 Å². The van der Waals surface area contributed by atoms with Crippen LogP contribution in [0.5, 0.6) is 0 Å². The van der Waals surface area contributed by atoms with E-state index in [-0.39, 0.29) is 18.0 Å². The van der Waals surface area contributed by atoms with E-state index in [9.17, 15) is 4.79 Å². The third-order valence-corrected chi connectivity index (χ3v) is 5.29. The number of nitrogens with zero attached hydrogens (tertiary/aromatic N) is 2. The van der Waals surface area contributed by atoms with Gasteiger partial charge in [-0.25, -0.2) is 5.43 Å². The summed E-state index contributed by atoms with van der Waals surface area (Å²) in [7, 11) is 0. The molecule has 1 saturated carbocycles. The van der Waals surface area contributed by atoms with Crippen LogP contribution in [0.3, 0.4) is 0 Å². The second kappa shape index (κ2) is 5.39.